The Morgan fingerprint density at radius 1 is 1.12 bits per heavy atom. The molecule has 2 aromatic rings. The van der Waals surface area contributed by atoms with E-state index in [0.717, 1.165) is 31.3 Å². The van der Waals surface area contributed by atoms with Gasteiger partial charge in [0.15, 0.2) is 0 Å². The van der Waals surface area contributed by atoms with Gasteiger partial charge in [-0.15, -0.1) is 0 Å². The number of methoxy groups -OCH3 is 2. The first-order valence-electron chi connectivity index (χ1n) is 7.71. The second-order valence-electron chi connectivity index (χ2n) is 5.58. The summed E-state index contributed by atoms with van der Waals surface area (Å²) < 4.78 is 23.4. The second-order valence-corrected chi connectivity index (χ2v) is 5.58. The topological polar surface area (TPSA) is 63.6 Å². The average Bonchev–Trinajstić information content (AvgIpc) is 2.62. The van der Waals surface area contributed by atoms with Crippen molar-refractivity contribution < 1.29 is 13.9 Å². The third kappa shape index (κ3) is 3.32. The predicted molar refractivity (Wildman–Crippen MR) is 88.4 cm³/mol. The molecule has 3 rings (SSSR count). The zero-order chi connectivity index (χ0) is 17.1. The lowest BCUT2D eigenvalue weighted by atomic mass is 10.2. The number of halogens is 1. The van der Waals surface area contributed by atoms with Crippen molar-refractivity contribution in [3.05, 3.63) is 30.2 Å². The van der Waals surface area contributed by atoms with E-state index in [9.17, 15) is 4.39 Å². The minimum atomic E-state index is -0.329. The zero-order valence-electron chi connectivity index (χ0n) is 13.9. The van der Waals surface area contributed by atoms with Crippen LogP contribution < -0.4 is 19.3 Å². The summed E-state index contributed by atoms with van der Waals surface area (Å²) in [5.41, 5.74) is 0. The Kier molecular flexibility index (Phi) is 4.64. The van der Waals surface area contributed by atoms with Gasteiger partial charge in [0.2, 0.25) is 5.88 Å². The smallest absolute Gasteiger partial charge is 0.321 e. The van der Waals surface area contributed by atoms with Gasteiger partial charge >= 0.3 is 6.01 Å². The maximum Gasteiger partial charge on any atom is 0.321 e. The fraction of sp³-hybridized carbons (Fsp3) is 0.438. The molecule has 1 atom stereocenters. The molecule has 8 heteroatoms. The first-order chi connectivity index (χ1) is 11.6. The molecule has 1 aliphatic rings. The van der Waals surface area contributed by atoms with E-state index in [-0.39, 0.29) is 17.9 Å². The van der Waals surface area contributed by atoms with Crippen molar-refractivity contribution in [3.8, 4) is 11.9 Å². The van der Waals surface area contributed by atoms with E-state index in [1.54, 1.807) is 19.2 Å². The lowest BCUT2D eigenvalue weighted by molar-refractivity contribution is 0.351. The van der Waals surface area contributed by atoms with Gasteiger partial charge in [-0.3, -0.25) is 0 Å². The third-order valence-corrected chi connectivity index (χ3v) is 4.02. The van der Waals surface area contributed by atoms with Crippen LogP contribution in [-0.4, -0.2) is 54.8 Å². The SMILES string of the molecule is COc1cc(N2CCN(c3ccc(F)cn3)C(C)C2)nc(OC)n1. The largest absolute Gasteiger partial charge is 0.481 e. The van der Waals surface area contributed by atoms with Crippen molar-refractivity contribution in [3.63, 3.8) is 0 Å². The van der Waals surface area contributed by atoms with Crippen molar-refractivity contribution in [2.75, 3.05) is 43.7 Å². The maximum atomic E-state index is 13.1. The molecule has 0 aliphatic carbocycles. The van der Waals surface area contributed by atoms with Crippen molar-refractivity contribution in [2.45, 2.75) is 13.0 Å². The van der Waals surface area contributed by atoms with E-state index in [0.29, 0.717) is 5.88 Å². The molecule has 3 heterocycles. The molecular formula is C16H20FN5O2. The molecule has 1 saturated heterocycles. The van der Waals surface area contributed by atoms with Crippen LogP contribution >= 0.6 is 0 Å². The Balaban J connectivity index is 1.76. The average molecular weight is 333 g/mol. The second kappa shape index (κ2) is 6.86. The summed E-state index contributed by atoms with van der Waals surface area (Å²) in [6.07, 6.45) is 1.24. The first-order valence-corrected chi connectivity index (χ1v) is 7.71. The van der Waals surface area contributed by atoms with Gasteiger partial charge in [0, 0.05) is 31.7 Å². The maximum absolute atomic E-state index is 13.1. The van der Waals surface area contributed by atoms with Gasteiger partial charge in [0.05, 0.1) is 20.4 Å². The van der Waals surface area contributed by atoms with Crippen molar-refractivity contribution in [2.24, 2.45) is 0 Å². The van der Waals surface area contributed by atoms with Gasteiger partial charge in [0.25, 0.3) is 0 Å². The molecule has 1 unspecified atom stereocenters. The van der Waals surface area contributed by atoms with Crippen molar-refractivity contribution in [1.29, 1.82) is 0 Å². The van der Waals surface area contributed by atoms with Gasteiger partial charge in [-0.05, 0) is 19.1 Å². The number of hydrogen-bond donors (Lipinski definition) is 0. The van der Waals surface area contributed by atoms with Crippen LogP contribution in [0.2, 0.25) is 0 Å². The molecule has 0 N–H and O–H groups in total. The first kappa shape index (κ1) is 16.2. The minimum absolute atomic E-state index is 0.198. The number of anilines is 2. The van der Waals surface area contributed by atoms with Crippen LogP contribution in [0.15, 0.2) is 24.4 Å². The summed E-state index contributed by atoms with van der Waals surface area (Å²) in [6.45, 7) is 4.37. The Morgan fingerprint density at radius 2 is 1.96 bits per heavy atom. The van der Waals surface area contributed by atoms with Gasteiger partial charge in [0.1, 0.15) is 17.5 Å². The van der Waals surface area contributed by atoms with E-state index < -0.39 is 0 Å². The van der Waals surface area contributed by atoms with Gasteiger partial charge in [-0.2, -0.15) is 9.97 Å². The summed E-state index contributed by atoms with van der Waals surface area (Å²) in [6, 6.07) is 5.41. The fourth-order valence-corrected chi connectivity index (χ4v) is 2.79. The van der Waals surface area contributed by atoms with Crippen LogP contribution in [0.25, 0.3) is 0 Å². The lowest BCUT2D eigenvalue weighted by Gasteiger charge is -2.41. The van der Waals surface area contributed by atoms with Crippen LogP contribution in [0.5, 0.6) is 11.9 Å². The van der Waals surface area contributed by atoms with E-state index in [1.165, 1.54) is 19.4 Å². The van der Waals surface area contributed by atoms with Crippen LogP contribution in [0.1, 0.15) is 6.92 Å². The number of ether oxygens (including phenoxy) is 2. The van der Waals surface area contributed by atoms with Crippen LogP contribution in [0.4, 0.5) is 16.0 Å². The highest BCUT2D eigenvalue weighted by Crippen LogP contribution is 2.25. The van der Waals surface area contributed by atoms with Crippen LogP contribution in [0, 0.1) is 5.82 Å². The number of hydrogen-bond acceptors (Lipinski definition) is 7. The number of nitrogens with zero attached hydrogens (tertiary/aromatic N) is 5. The Hall–Kier alpha value is -2.64. The van der Waals surface area contributed by atoms with E-state index >= 15 is 0 Å². The fourth-order valence-electron chi connectivity index (χ4n) is 2.79. The van der Waals surface area contributed by atoms with Crippen molar-refractivity contribution in [1.82, 2.24) is 15.0 Å². The van der Waals surface area contributed by atoms with E-state index in [1.807, 2.05) is 0 Å². The van der Waals surface area contributed by atoms with E-state index in [4.69, 9.17) is 9.47 Å². The number of rotatable bonds is 4. The molecule has 0 saturated carbocycles. The highest BCUT2D eigenvalue weighted by molar-refractivity contribution is 5.48. The summed E-state index contributed by atoms with van der Waals surface area (Å²) >= 11 is 0. The molecule has 24 heavy (non-hydrogen) atoms. The molecule has 0 spiro atoms. The summed E-state index contributed by atoms with van der Waals surface area (Å²) in [5.74, 6) is 1.68. The predicted octanol–water partition coefficient (Wildman–Crippen LogP) is 1.74. The zero-order valence-corrected chi connectivity index (χ0v) is 13.9. The summed E-state index contributed by atoms with van der Waals surface area (Å²) in [7, 11) is 3.09. The Morgan fingerprint density at radius 3 is 2.58 bits per heavy atom. The highest BCUT2D eigenvalue weighted by Gasteiger charge is 2.26. The highest BCUT2D eigenvalue weighted by atomic mass is 19.1. The molecule has 1 fully saturated rings. The Labute approximate surface area is 140 Å². The van der Waals surface area contributed by atoms with Crippen molar-refractivity contribution >= 4 is 11.6 Å². The van der Waals surface area contributed by atoms with Gasteiger partial charge in [-0.25, -0.2) is 9.37 Å². The third-order valence-electron chi connectivity index (χ3n) is 4.02. The quantitative estimate of drug-likeness (QED) is 0.844. The summed E-state index contributed by atoms with van der Waals surface area (Å²) in [5, 5.41) is 0. The lowest BCUT2D eigenvalue weighted by Crippen LogP contribution is -2.52. The molecule has 2 aromatic heterocycles. The molecule has 0 radical (unpaired) electrons. The molecule has 0 amide bonds. The number of piperazine rings is 1. The van der Waals surface area contributed by atoms with Crippen LogP contribution in [-0.2, 0) is 0 Å². The molecule has 128 valence electrons. The molecule has 7 nitrogen and oxygen atoms in total. The van der Waals surface area contributed by atoms with Gasteiger partial charge in [-0.1, -0.05) is 0 Å². The van der Waals surface area contributed by atoms with E-state index in [2.05, 4.69) is 31.7 Å². The standard InChI is InChI=1S/C16H20FN5O2/c1-11-10-21(14-8-15(23-2)20-16(19-14)24-3)6-7-22(11)13-5-4-12(17)9-18-13/h4-5,8-9,11H,6-7,10H2,1-3H3. The Bertz CT molecular complexity index is 675. The minimum Gasteiger partial charge on any atom is -0.481 e. The number of pyridine rings is 1. The molecular weight excluding hydrogens is 313 g/mol. The molecule has 0 aromatic carbocycles. The normalized spacial score (nSPS) is 17.8. The summed E-state index contributed by atoms with van der Waals surface area (Å²) in [4.78, 5) is 17.0. The molecule has 0 bridgehead atoms. The van der Waals surface area contributed by atoms with Gasteiger partial charge < -0.3 is 19.3 Å². The van der Waals surface area contributed by atoms with Crippen LogP contribution in [0.3, 0.4) is 0 Å². The molecule has 1 aliphatic heterocycles. The number of aromatic nitrogens is 3. The monoisotopic (exact) mass is 333 g/mol.